The standard InChI is InChI=1S/C29H28ClF3N4O4S/c30-25-6-4-19(15-24(25)29(31,32)33)17-34-36-28(40)23-16-22(37-8-11-41-12-9-37)5-7-26(23)35-27(39)21-3-1-2-20(14-21)18-42-13-10-38/h1-7,14-17,38H,8-13,18H2,(H,35,39)(H,36,40)/b34-17-. The molecule has 0 aromatic heterocycles. The van der Waals surface area contributed by atoms with Gasteiger partial charge >= 0.3 is 6.18 Å². The Bertz CT molecular complexity index is 1450. The lowest BCUT2D eigenvalue weighted by atomic mass is 10.1. The lowest BCUT2D eigenvalue weighted by molar-refractivity contribution is -0.137. The third-order valence-electron chi connectivity index (χ3n) is 6.24. The summed E-state index contributed by atoms with van der Waals surface area (Å²) in [5.41, 5.74) is 3.79. The number of aliphatic hydroxyl groups excluding tert-OH is 1. The molecule has 0 radical (unpaired) electrons. The number of hydrogen-bond donors (Lipinski definition) is 3. The number of hydrazone groups is 1. The molecule has 1 fully saturated rings. The van der Waals surface area contributed by atoms with Gasteiger partial charge in [-0.1, -0.05) is 29.8 Å². The molecule has 2 amide bonds. The number of alkyl halides is 3. The molecule has 3 N–H and O–H groups in total. The van der Waals surface area contributed by atoms with E-state index in [9.17, 15) is 22.8 Å². The van der Waals surface area contributed by atoms with Crippen molar-refractivity contribution in [1.29, 1.82) is 0 Å². The number of rotatable bonds is 10. The molecule has 3 aromatic rings. The molecule has 222 valence electrons. The Morgan fingerprint density at radius 3 is 2.60 bits per heavy atom. The Labute approximate surface area is 249 Å². The summed E-state index contributed by atoms with van der Waals surface area (Å²) < 4.78 is 45.0. The van der Waals surface area contributed by atoms with Gasteiger partial charge in [-0.3, -0.25) is 9.59 Å². The molecule has 0 spiro atoms. The normalized spacial score (nSPS) is 13.8. The van der Waals surface area contributed by atoms with E-state index in [4.69, 9.17) is 21.4 Å². The van der Waals surface area contributed by atoms with Crippen molar-refractivity contribution in [2.24, 2.45) is 5.10 Å². The topological polar surface area (TPSA) is 103 Å². The summed E-state index contributed by atoms with van der Waals surface area (Å²) in [4.78, 5) is 28.4. The summed E-state index contributed by atoms with van der Waals surface area (Å²) in [5.74, 6) is 0.103. The molecule has 4 rings (SSSR count). The average Bonchev–Trinajstić information content (AvgIpc) is 2.98. The number of nitrogens with zero attached hydrogens (tertiary/aromatic N) is 2. The largest absolute Gasteiger partial charge is 0.417 e. The number of carbonyl (C=O) groups is 2. The summed E-state index contributed by atoms with van der Waals surface area (Å²) >= 11 is 7.21. The summed E-state index contributed by atoms with van der Waals surface area (Å²) in [6, 6.07) is 15.4. The van der Waals surface area contributed by atoms with Crippen LogP contribution < -0.4 is 15.6 Å². The van der Waals surface area contributed by atoms with E-state index in [2.05, 4.69) is 15.8 Å². The van der Waals surface area contributed by atoms with Crippen molar-refractivity contribution < 1.29 is 32.6 Å². The molecule has 0 unspecified atom stereocenters. The quantitative estimate of drug-likeness (QED) is 0.159. The molecule has 3 aromatic carbocycles. The number of amides is 2. The molecule has 42 heavy (non-hydrogen) atoms. The van der Waals surface area contributed by atoms with E-state index in [1.165, 1.54) is 17.8 Å². The minimum Gasteiger partial charge on any atom is -0.396 e. The van der Waals surface area contributed by atoms with Crippen LogP contribution in [-0.2, 0) is 16.7 Å². The third kappa shape index (κ3) is 8.48. The fourth-order valence-electron chi connectivity index (χ4n) is 4.16. The zero-order chi connectivity index (χ0) is 30.1. The van der Waals surface area contributed by atoms with Crippen molar-refractivity contribution in [3.05, 3.63) is 93.5 Å². The van der Waals surface area contributed by atoms with Crippen LogP contribution in [0.3, 0.4) is 0 Å². The first-order valence-electron chi connectivity index (χ1n) is 12.9. The molecular formula is C29H28ClF3N4O4S. The Balaban J connectivity index is 1.55. The number of morpholine rings is 1. The molecule has 1 aliphatic rings. The van der Waals surface area contributed by atoms with E-state index < -0.39 is 28.6 Å². The summed E-state index contributed by atoms with van der Waals surface area (Å²) in [7, 11) is 0. The van der Waals surface area contributed by atoms with Gasteiger partial charge in [-0.2, -0.15) is 30.0 Å². The molecule has 1 aliphatic heterocycles. The van der Waals surface area contributed by atoms with Gasteiger partial charge in [0.25, 0.3) is 11.8 Å². The van der Waals surface area contributed by atoms with Crippen LogP contribution >= 0.6 is 23.4 Å². The van der Waals surface area contributed by atoms with Crippen LogP contribution in [0.5, 0.6) is 0 Å². The van der Waals surface area contributed by atoms with Gasteiger partial charge in [-0.25, -0.2) is 5.43 Å². The van der Waals surface area contributed by atoms with Crippen molar-refractivity contribution >= 4 is 52.8 Å². The van der Waals surface area contributed by atoms with Gasteiger partial charge in [-0.15, -0.1) is 0 Å². The maximum absolute atomic E-state index is 13.2. The number of benzene rings is 3. The van der Waals surface area contributed by atoms with Crippen LogP contribution in [0.25, 0.3) is 0 Å². The van der Waals surface area contributed by atoms with Crippen molar-refractivity contribution in [1.82, 2.24) is 5.43 Å². The fraction of sp³-hybridized carbons (Fsp3) is 0.276. The van der Waals surface area contributed by atoms with Gasteiger partial charge in [0.1, 0.15) is 0 Å². The van der Waals surface area contributed by atoms with Crippen LogP contribution in [0.15, 0.2) is 65.8 Å². The highest BCUT2D eigenvalue weighted by Gasteiger charge is 2.33. The number of thioether (sulfide) groups is 1. The lowest BCUT2D eigenvalue weighted by Crippen LogP contribution is -2.36. The Morgan fingerprint density at radius 1 is 1.07 bits per heavy atom. The molecule has 0 bridgehead atoms. The van der Waals surface area contributed by atoms with E-state index in [0.29, 0.717) is 43.4 Å². The van der Waals surface area contributed by atoms with Crippen LogP contribution in [0, 0.1) is 0 Å². The zero-order valence-corrected chi connectivity index (χ0v) is 23.9. The first-order chi connectivity index (χ1) is 20.2. The molecule has 0 atom stereocenters. The molecule has 1 heterocycles. The molecule has 13 heteroatoms. The van der Waals surface area contributed by atoms with Gasteiger partial charge < -0.3 is 20.1 Å². The third-order valence-corrected chi connectivity index (χ3v) is 7.58. The monoisotopic (exact) mass is 620 g/mol. The predicted octanol–water partition coefficient (Wildman–Crippen LogP) is 5.44. The minimum atomic E-state index is -4.64. The predicted molar refractivity (Wildman–Crippen MR) is 159 cm³/mol. The van der Waals surface area contributed by atoms with E-state index >= 15 is 0 Å². The number of nitrogens with one attached hydrogen (secondary N) is 2. The van der Waals surface area contributed by atoms with Gasteiger partial charge in [0.05, 0.1) is 47.9 Å². The van der Waals surface area contributed by atoms with Gasteiger partial charge in [-0.05, 0) is 53.6 Å². The van der Waals surface area contributed by atoms with Gasteiger partial charge in [0.2, 0.25) is 0 Å². The molecule has 0 saturated carbocycles. The number of aliphatic hydroxyl groups is 1. The number of anilines is 2. The van der Waals surface area contributed by atoms with E-state index in [1.807, 2.05) is 11.0 Å². The van der Waals surface area contributed by atoms with E-state index in [0.717, 1.165) is 29.6 Å². The van der Waals surface area contributed by atoms with Crippen molar-refractivity contribution in [3.8, 4) is 0 Å². The van der Waals surface area contributed by atoms with Crippen molar-refractivity contribution in [2.75, 3.05) is 48.9 Å². The highest BCUT2D eigenvalue weighted by molar-refractivity contribution is 7.98. The lowest BCUT2D eigenvalue weighted by Gasteiger charge is -2.29. The summed E-state index contributed by atoms with van der Waals surface area (Å²) in [5, 5.41) is 15.2. The summed E-state index contributed by atoms with van der Waals surface area (Å²) in [6.45, 7) is 2.35. The molecular weight excluding hydrogens is 593 g/mol. The SMILES string of the molecule is O=C(Nc1ccc(N2CCOCC2)cc1C(=O)N/N=C\c1ccc(Cl)c(C(F)(F)F)c1)c1cccc(CSCCO)c1. The fourth-order valence-corrected chi connectivity index (χ4v) is 5.08. The number of halogens is 4. The van der Waals surface area contributed by atoms with Gasteiger partial charge in [0, 0.05) is 35.8 Å². The number of ether oxygens (including phenoxy) is 1. The average molecular weight is 621 g/mol. The smallest absolute Gasteiger partial charge is 0.396 e. The molecule has 8 nitrogen and oxygen atoms in total. The molecule has 1 saturated heterocycles. The maximum Gasteiger partial charge on any atom is 0.417 e. The Kier molecular flexibility index (Phi) is 10.9. The van der Waals surface area contributed by atoms with Gasteiger partial charge in [0.15, 0.2) is 0 Å². The highest BCUT2D eigenvalue weighted by atomic mass is 35.5. The number of hydrogen-bond acceptors (Lipinski definition) is 7. The second-order valence-electron chi connectivity index (χ2n) is 9.20. The van der Waals surface area contributed by atoms with Crippen LogP contribution in [0.4, 0.5) is 24.5 Å². The zero-order valence-electron chi connectivity index (χ0n) is 22.3. The highest BCUT2D eigenvalue weighted by Crippen LogP contribution is 2.35. The first kappa shape index (κ1) is 31.4. The number of carbonyl (C=O) groups excluding carboxylic acids is 2. The molecule has 0 aliphatic carbocycles. The van der Waals surface area contributed by atoms with E-state index in [1.54, 1.807) is 36.4 Å². The van der Waals surface area contributed by atoms with Crippen LogP contribution in [-0.4, -0.2) is 61.8 Å². The van der Waals surface area contributed by atoms with Crippen LogP contribution in [0.2, 0.25) is 5.02 Å². The Hall–Kier alpha value is -3.58. The minimum absolute atomic E-state index is 0.0640. The first-order valence-corrected chi connectivity index (χ1v) is 14.4. The van der Waals surface area contributed by atoms with Crippen LogP contribution in [0.1, 0.15) is 37.4 Å². The second kappa shape index (κ2) is 14.5. The van der Waals surface area contributed by atoms with E-state index in [-0.39, 0.29) is 23.4 Å². The second-order valence-corrected chi connectivity index (χ2v) is 10.7. The Morgan fingerprint density at radius 2 is 1.86 bits per heavy atom. The van der Waals surface area contributed by atoms with Crippen molar-refractivity contribution in [2.45, 2.75) is 11.9 Å². The maximum atomic E-state index is 13.2. The summed E-state index contributed by atoms with van der Waals surface area (Å²) in [6.07, 6.45) is -3.57. The van der Waals surface area contributed by atoms with Crippen molar-refractivity contribution in [3.63, 3.8) is 0 Å².